The average molecular weight is 645 g/mol. The number of carbonyl (C=O) groups is 4. The number of aromatic hydroxyl groups is 1. The first-order valence-corrected chi connectivity index (χ1v) is 16.0. The second-order valence-corrected chi connectivity index (χ2v) is 12.6. The van der Waals surface area contributed by atoms with Crippen LogP contribution < -0.4 is 26.7 Å². The Morgan fingerprint density at radius 2 is 1.74 bits per heavy atom. The summed E-state index contributed by atoms with van der Waals surface area (Å²) in [6, 6.07) is 13.2. The van der Waals surface area contributed by atoms with Crippen molar-refractivity contribution >= 4 is 46.5 Å². The molecule has 6 rings (SSSR count). The zero-order valence-corrected chi connectivity index (χ0v) is 25.4. The number of phenolic OH excluding ortho intramolecular Hbond substituents is 1. The minimum Gasteiger partial charge on any atom is -0.508 e. The van der Waals surface area contributed by atoms with Gasteiger partial charge in [0.1, 0.15) is 17.1 Å². The SMILES string of the molecule is O=C(CCCCC1SCC2NC(=O)NC21)NCCNC(=O)c1ccc(-c2c3ccc(=O)cc-3oc3cc(O)ccc23)c(C(=O)O)c1. The van der Waals surface area contributed by atoms with Crippen molar-refractivity contribution in [3.05, 3.63) is 75.9 Å². The molecule has 1 aliphatic carbocycles. The second kappa shape index (κ2) is 13.1. The molecule has 0 radical (unpaired) electrons. The molecule has 2 saturated heterocycles. The van der Waals surface area contributed by atoms with Crippen molar-refractivity contribution in [2.24, 2.45) is 0 Å². The zero-order chi connectivity index (χ0) is 32.4. The number of carbonyl (C=O) groups excluding carboxylic acids is 3. The fraction of sp³-hybridized carbons (Fsp3) is 0.303. The molecule has 4 aliphatic rings. The number of thioether (sulfide) groups is 1. The van der Waals surface area contributed by atoms with Crippen LogP contribution in [0.1, 0.15) is 46.4 Å². The molecular weight excluding hydrogens is 612 g/mol. The van der Waals surface area contributed by atoms with Gasteiger partial charge in [-0.2, -0.15) is 11.8 Å². The number of phenols is 1. The highest BCUT2D eigenvalue weighted by Crippen LogP contribution is 2.42. The van der Waals surface area contributed by atoms with Crippen LogP contribution in [0.15, 0.2) is 63.8 Å². The van der Waals surface area contributed by atoms with Gasteiger partial charge in [0.05, 0.1) is 17.6 Å². The quantitative estimate of drug-likeness (QED) is 0.0807. The summed E-state index contributed by atoms with van der Waals surface area (Å²) < 4.78 is 5.85. The number of fused-ring (bicyclic) bond motifs is 3. The second-order valence-electron chi connectivity index (χ2n) is 11.4. The number of carboxylic acids is 1. The molecule has 46 heavy (non-hydrogen) atoms. The van der Waals surface area contributed by atoms with Gasteiger partial charge in [0.15, 0.2) is 5.43 Å². The first kappa shape index (κ1) is 31.0. The van der Waals surface area contributed by atoms with Gasteiger partial charge in [0.25, 0.3) is 5.91 Å². The lowest BCUT2D eigenvalue weighted by atomic mass is 9.90. The van der Waals surface area contributed by atoms with E-state index in [-0.39, 0.29) is 70.8 Å². The predicted molar refractivity (Wildman–Crippen MR) is 172 cm³/mol. The molecule has 3 aliphatic heterocycles. The van der Waals surface area contributed by atoms with E-state index in [0.29, 0.717) is 33.7 Å². The summed E-state index contributed by atoms with van der Waals surface area (Å²) in [6.07, 6.45) is 2.87. The van der Waals surface area contributed by atoms with Crippen LogP contribution in [0, 0.1) is 0 Å². The Hall–Kier alpha value is -5.04. The summed E-state index contributed by atoms with van der Waals surface area (Å²) in [6.45, 7) is 0.369. The van der Waals surface area contributed by atoms with E-state index in [4.69, 9.17) is 4.42 Å². The van der Waals surface area contributed by atoms with Crippen molar-refractivity contribution in [1.29, 1.82) is 0 Å². The molecule has 3 atom stereocenters. The van der Waals surface area contributed by atoms with Crippen LogP contribution in [0.25, 0.3) is 33.4 Å². The minimum atomic E-state index is -1.26. The van der Waals surface area contributed by atoms with Crippen molar-refractivity contribution in [3.8, 4) is 28.2 Å². The molecule has 3 heterocycles. The summed E-state index contributed by atoms with van der Waals surface area (Å²) in [4.78, 5) is 61.2. The molecule has 0 spiro atoms. The number of amides is 4. The molecular formula is C33H32N4O8S. The Morgan fingerprint density at radius 3 is 2.57 bits per heavy atom. The van der Waals surface area contributed by atoms with Gasteiger partial charge in [-0.1, -0.05) is 12.5 Å². The Balaban J connectivity index is 1.06. The fourth-order valence-electron chi connectivity index (χ4n) is 6.07. The largest absolute Gasteiger partial charge is 0.508 e. The zero-order valence-electron chi connectivity index (χ0n) is 24.6. The van der Waals surface area contributed by atoms with Crippen molar-refractivity contribution in [1.82, 2.24) is 21.3 Å². The highest BCUT2D eigenvalue weighted by atomic mass is 32.2. The number of hydrogen-bond acceptors (Lipinski definition) is 8. The number of rotatable bonds is 11. The maximum absolute atomic E-state index is 12.9. The van der Waals surface area contributed by atoms with E-state index in [2.05, 4.69) is 21.3 Å². The van der Waals surface area contributed by atoms with Gasteiger partial charge in [-0.25, -0.2) is 9.59 Å². The lowest BCUT2D eigenvalue weighted by molar-refractivity contribution is -0.121. The van der Waals surface area contributed by atoms with Crippen molar-refractivity contribution in [2.75, 3.05) is 18.8 Å². The molecule has 13 heteroatoms. The molecule has 0 bridgehead atoms. The third-order valence-electron chi connectivity index (χ3n) is 8.27. The molecule has 2 aromatic rings. The number of carboxylic acid groups (broad SMARTS) is 1. The maximum Gasteiger partial charge on any atom is 0.336 e. The molecule has 2 fully saturated rings. The van der Waals surface area contributed by atoms with E-state index in [1.807, 2.05) is 11.8 Å². The van der Waals surface area contributed by atoms with Crippen LogP contribution in [-0.2, 0) is 4.79 Å². The van der Waals surface area contributed by atoms with E-state index in [0.717, 1.165) is 25.0 Å². The number of aromatic carboxylic acids is 1. The van der Waals surface area contributed by atoms with Crippen LogP contribution in [0.5, 0.6) is 5.75 Å². The Kier molecular flexibility index (Phi) is 8.84. The van der Waals surface area contributed by atoms with E-state index in [1.165, 1.54) is 42.5 Å². The molecule has 4 amide bonds. The van der Waals surface area contributed by atoms with Crippen molar-refractivity contribution in [3.63, 3.8) is 0 Å². The number of urea groups is 1. The predicted octanol–water partition coefficient (Wildman–Crippen LogP) is 3.54. The first-order valence-electron chi connectivity index (χ1n) is 15.0. The molecule has 2 aromatic carbocycles. The smallest absolute Gasteiger partial charge is 0.336 e. The molecule has 3 unspecified atom stereocenters. The van der Waals surface area contributed by atoms with E-state index < -0.39 is 11.9 Å². The molecule has 0 saturated carbocycles. The normalized spacial score (nSPS) is 18.6. The summed E-state index contributed by atoms with van der Waals surface area (Å²) in [5.41, 5.74) is 1.25. The van der Waals surface area contributed by atoms with Crippen molar-refractivity contribution in [2.45, 2.75) is 43.0 Å². The number of hydrogen-bond donors (Lipinski definition) is 6. The Labute approximate surface area is 267 Å². The van der Waals surface area contributed by atoms with Gasteiger partial charge < -0.3 is 35.9 Å². The van der Waals surface area contributed by atoms with Crippen LogP contribution in [0.2, 0.25) is 0 Å². The van der Waals surface area contributed by atoms with E-state index in [1.54, 1.807) is 12.1 Å². The Bertz CT molecular complexity index is 1870. The monoisotopic (exact) mass is 644 g/mol. The minimum absolute atomic E-state index is 0.0581. The lowest BCUT2D eigenvalue weighted by Gasteiger charge is -2.17. The topological polar surface area (TPSA) is 187 Å². The fourth-order valence-corrected chi connectivity index (χ4v) is 7.62. The van der Waals surface area contributed by atoms with E-state index in [9.17, 15) is 34.2 Å². The molecule has 6 N–H and O–H groups in total. The average Bonchev–Trinajstić information content (AvgIpc) is 3.58. The van der Waals surface area contributed by atoms with Crippen LogP contribution in [-0.4, -0.2) is 70.2 Å². The van der Waals surface area contributed by atoms with Crippen molar-refractivity contribution < 1.29 is 33.8 Å². The standard InChI is InChI=1S/C33H32N4O8S/c38-18-6-9-21-25(14-18)45-26-15-19(39)7-10-22(26)29(21)20-8-5-17(13-23(20)32(42)43)31(41)35-12-11-34-28(40)4-2-1-3-27-30-24(16-46-27)36-33(44)37-30/h5-10,13-15,24,27,30,38H,1-4,11-12,16H2,(H,34,40)(H,35,41)(H,42,43)(H2,36,37,44). The van der Waals surface area contributed by atoms with Gasteiger partial charge in [-0.15, -0.1) is 0 Å². The van der Waals surface area contributed by atoms with Gasteiger partial charge in [0, 0.05) is 64.7 Å². The first-order chi connectivity index (χ1) is 22.2. The van der Waals surface area contributed by atoms with Gasteiger partial charge in [-0.3, -0.25) is 14.4 Å². The van der Waals surface area contributed by atoms with Crippen LogP contribution >= 0.6 is 11.8 Å². The number of benzene rings is 3. The lowest BCUT2D eigenvalue weighted by Crippen LogP contribution is -2.36. The van der Waals surface area contributed by atoms with Gasteiger partial charge >= 0.3 is 12.0 Å². The maximum atomic E-state index is 12.9. The van der Waals surface area contributed by atoms with Gasteiger partial charge in [0.2, 0.25) is 5.91 Å². The summed E-state index contributed by atoms with van der Waals surface area (Å²) in [5, 5.41) is 32.4. The van der Waals surface area contributed by atoms with Gasteiger partial charge in [-0.05, 0) is 54.8 Å². The third-order valence-corrected chi connectivity index (χ3v) is 9.78. The van der Waals surface area contributed by atoms with E-state index >= 15 is 0 Å². The summed E-state index contributed by atoms with van der Waals surface area (Å²) >= 11 is 1.84. The molecule has 0 aromatic heterocycles. The third kappa shape index (κ3) is 6.50. The number of unbranched alkanes of at least 4 members (excludes halogenated alkanes) is 1. The highest BCUT2D eigenvalue weighted by Gasteiger charge is 2.42. The summed E-state index contributed by atoms with van der Waals surface area (Å²) in [5.74, 6) is -0.806. The van der Waals surface area contributed by atoms with Crippen LogP contribution in [0.3, 0.4) is 0 Å². The Morgan fingerprint density at radius 1 is 0.935 bits per heavy atom. The number of nitrogens with one attached hydrogen (secondary N) is 4. The molecule has 238 valence electrons. The molecule has 12 nitrogen and oxygen atoms in total. The summed E-state index contributed by atoms with van der Waals surface area (Å²) in [7, 11) is 0. The van der Waals surface area contributed by atoms with Crippen LogP contribution in [0.4, 0.5) is 4.79 Å². The highest BCUT2D eigenvalue weighted by molar-refractivity contribution is 8.00.